The van der Waals surface area contributed by atoms with E-state index in [-0.39, 0.29) is 0 Å². The molecule has 0 atom stereocenters. The Morgan fingerprint density at radius 3 is 2.04 bits per heavy atom. The van der Waals surface area contributed by atoms with E-state index in [4.69, 9.17) is 20.6 Å². The molecule has 5 heteroatoms. The maximum Gasteiger partial charge on any atom is 0.363 e. The van der Waals surface area contributed by atoms with Crippen molar-refractivity contribution in [1.82, 2.24) is 0 Å². The molecule has 1 aromatic heterocycles. The van der Waals surface area contributed by atoms with Gasteiger partial charge in [0.15, 0.2) is 0 Å². The molecule has 4 rings (SSSR count). The van der Waals surface area contributed by atoms with Gasteiger partial charge in [0.05, 0.1) is 35.6 Å². The molecule has 0 aliphatic carbocycles. The van der Waals surface area contributed by atoms with Crippen molar-refractivity contribution in [2.75, 3.05) is 18.6 Å². The number of fused-ring (bicyclic) bond motifs is 2. The summed E-state index contributed by atoms with van der Waals surface area (Å²) in [6.07, 6.45) is 0. The minimum Gasteiger partial charge on any atom is -0.465 e. The molecular formula is C21H17N2O3+. The zero-order valence-electron chi connectivity index (χ0n) is 14.2. The van der Waals surface area contributed by atoms with Crippen LogP contribution in [0.25, 0.3) is 33.1 Å². The monoisotopic (exact) mass is 345 g/mol. The van der Waals surface area contributed by atoms with Crippen molar-refractivity contribution in [2.24, 2.45) is 0 Å². The zero-order valence-corrected chi connectivity index (χ0v) is 14.2. The summed E-state index contributed by atoms with van der Waals surface area (Å²) < 4.78 is 11.0. The van der Waals surface area contributed by atoms with Crippen molar-refractivity contribution in [1.29, 1.82) is 0 Å². The van der Waals surface area contributed by atoms with E-state index in [1.807, 2.05) is 42.5 Å². The molecule has 4 aromatic rings. The molecule has 0 amide bonds. The highest BCUT2D eigenvalue weighted by Gasteiger charge is 2.24. The van der Waals surface area contributed by atoms with Crippen LogP contribution in [0.5, 0.6) is 0 Å². The van der Waals surface area contributed by atoms with E-state index in [0.29, 0.717) is 28.1 Å². The Hall–Kier alpha value is -3.60. The van der Waals surface area contributed by atoms with E-state index < -0.39 is 5.97 Å². The molecule has 5 nitrogen and oxygen atoms in total. The van der Waals surface area contributed by atoms with Gasteiger partial charge in [-0.25, -0.2) is 9.21 Å². The van der Waals surface area contributed by atoms with Crippen LogP contribution >= 0.6 is 0 Å². The van der Waals surface area contributed by atoms with Crippen molar-refractivity contribution >= 4 is 39.3 Å². The molecular weight excluding hydrogens is 328 g/mol. The first kappa shape index (κ1) is 15.9. The van der Waals surface area contributed by atoms with Crippen LogP contribution in [-0.4, -0.2) is 13.1 Å². The van der Waals surface area contributed by atoms with Gasteiger partial charge in [0.25, 0.3) is 0 Å². The third kappa shape index (κ3) is 2.50. The number of hydrogen-bond acceptors (Lipinski definition) is 4. The fourth-order valence-electron chi connectivity index (χ4n) is 3.20. The lowest BCUT2D eigenvalue weighted by atomic mass is 9.93. The highest BCUT2D eigenvalue weighted by atomic mass is 16.5. The minimum absolute atomic E-state index is 0.395. The lowest BCUT2D eigenvalue weighted by molar-refractivity contribution is 0.0601. The van der Waals surface area contributed by atoms with Crippen LogP contribution in [0, 0.1) is 0 Å². The van der Waals surface area contributed by atoms with Gasteiger partial charge in [-0.3, -0.25) is 0 Å². The molecule has 4 N–H and O–H groups in total. The SMILES string of the molecule is COC(=O)c1ccccc1-c1c2ccc(N)cc2[o+]c2cc(N)ccc12. The summed E-state index contributed by atoms with van der Waals surface area (Å²) in [4.78, 5) is 12.3. The number of rotatable bonds is 2. The summed E-state index contributed by atoms with van der Waals surface area (Å²) in [6, 6.07) is 18.3. The molecule has 0 fully saturated rings. The van der Waals surface area contributed by atoms with Gasteiger partial charge in [0, 0.05) is 16.9 Å². The highest BCUT2D eigenvalue weighted by molar-refractivity contribution is 6.12. The normalized spacial score (nSPS) is 11.0. The third-order valence-electron chi connectivity index (χ3n) is 4.37. The second-order valence-corrected chi connectivity index (χ2v) is 6.03. The topological polar surface area (TPSA) is 89.6 Å². The number of nitrogens with two attached hydrogens (primary N) is 2. The van der Waals surface area contributed by atoms with Crippen LogP contribution in [0.4, 0.5) is 11.4 Å². The molecule has 0 saturated carbocycles. The Morgan fingerprint density at radius 1 is 0.885 bits per heavy atom. The molecule has 0 radical (unpaired) electrons. The lowest BCUT2D eigenvalue weighted by Gasteiger charge is -2.10. The van der Waals surface area contributed by atoms with E-state index >= 15 is 0 Å². The Bertz CT molecular complexity index is 1110. The van der Waals surface area contributed by atoms with Crippen molar-refractivity contribution in [2.45, 2.75) is 0 Å². The van der Waals surface area contributed by atoms with Crippen LogP contribution in [-0.2, 0) is 4.74 Å². The zero-order chi connectivity index (χ0) is 18.3. The van der Waals surface area contributed by atoms with Crippen LogP contribution in [0.3, 0.4) is 0 Å². The predicted molar refractivity (Wildman–Crippen MR) is 104 cm³/mol. The maximum atomic E-state index is 12.3. The molecule has 0 spiro atoms. The molecule has 0 unspecified atom stereocenters. The Labute approximate surface area is 149 Å². The Kier molecular flexibility index (Phi) is 3.69. The number of methoxy groups -OCH3 is 1. The smallest absolute Gasteiger partial charge is 0.363 e. The van der Waals surface area contributed by atoms with Gasteiger partial charge in [0.2, 0.25) is 0 Å². The van der Waals surface area contributed by atoms with Gasteiger partial charge >= 0.3 is 17.1 Å². The summed E-state index contributed by atoms with van der Waals surface area (Å²) in [5.41, 5.74) is 16.4. The van der Waals surface area contributed by atoms with Gasteiger partial charge in [-0.15, -0.1) is 0 Å². The van der Waals surface area contributed by atoms with E-state index in [0.717, 1.165) is 21.9 Å². The molecule has 0 aliphatic heterocycles. The molecule has 1 heterocycles. The largest absolute Gasteiger partial charge is 0.465 e. The number of ether oxygens (including phenoxy) is 1. The Balaban J connectivity index is 2.19. The fraction of sp³-hybridized carbons (Fsp3) is 0.0476. The summed E-state index contributed by atoms with van der Waals surface area (Å²) in [7, 11) is 1.37. The number of carbonyl (C=O) groups excluding carboxylic acids is 1. The van der Waals surface area contributed by atoms with Crippen LogP contribution in [0.15, 0.2) is 65.1 Å². The summed E-state index contributed by atoms with van der Waals surface area (Å²) in [5.74, 6) is -0.395. The van der Waals surface area contributed by atoms with E-state index in [1.54, 1.807) is 18.2 Å². The number of esters is 1. The van der Waals surface area contributed by atoms with Gasteiger partial charge in [-0.1, -0.05) is 18.2 Å². The summed E-state index contributed by atoms with van der Waals surface area (Å²) >= 11 is 0. The number of nitrogen functional groups attached to an aromatic ring is 2. The van der Waals surface area contributed by atoms with Crippen LogP contribution < -0.4 is 11.5 Å². The van der Waals surface area contributed by atoms with Crippen LogP contribution in [0.2, 0.25) is 0 Å². The van der Waals surface area contributed by atoms with Crippen molar-refractivity contribution in [3.05, 3.63) is 66.2 Å². The van der Waals surface area contributed by atoms with E-state index in [9.17, 15) is 4.79 Å². The van der Waals surface area contributed by atoms with Gasteiger partial charge < -0.3 is 16.2 Å². The minimum atomic E-state index is -0.395. The van der Waals surface area contributed by atoms with Gasteiger partial charge in [0.1, 0.15) is 0 Å². The second-order valence-electron chi connectivity index (χ2n) is 6.03. The first-order valence-corrected chi connectivity index (χ1v) is 8.11. The molecule has 0 saturated heterocycles. The average Bonchev–Trinajstić information content (AvgIpc) is 2.65. The Morgan fingerprint density at radius 2 is 1.46 bits per heavy atom. The summed E-state index contributed by atoms with van der Waals surface area (Å²) in [6.45, 7) is 0. The standard InChI is InChI=1S/C21H17N2O3/c1-25-21(24)15-5-3-2-4-14(15)20-16-8-6-12(22)10-18(16)26-19-11-13(23)7-9-17(19)20/h2-11H,22-23H2,1H3/q+1. The van der Waals surface area contributed by atoms with Crippen molar-refractivity contribution in [3.63, 3.8) is 0 Å². The van der Waals surface area contributed by atoms with E-state index in [1.165, 1.54) is 7.11 Å². The van der Waals surface area contributed by atoms with Crippen LogP contribution in [0.1, 0.15) is 10.4 Å². The highest BCUT2D eigenvalue weighted by Crippen LogP contribution is 2.39. The van der Waals surface area contributed by atoms with E-state index in [2.05, 4.69) is 0 Å². The first-order chi connectivity index (χ1) is 12.6. The number of benzene rings is 3. The third-order valence-corrected chi connectivity index (χ3v) is 4.37. The van der Waals surface area contributed by atoms with Crippen molar-refractivity contribution in [3.8, 4) is 11.1 Å². The number of anilines is 2. The molecule has 0 bridgehead atoms. The lowest BCUT2D eigenvalue weighted by Crippen LogP contribution is -2.03. The molecule has 128 valence electrons. The quantitative estimate of drug-likeness (QED) is 0.242. The van der Waals surface area contributed by atoms with Gasteiger partial charge in [-0.05, 0) is 35.9 Å². The maximum absolute atomic E-state index is 12.3. The first-order valence-electron chi connectivity index (χ1n) is 8.11. The van der Waals surface area contributed by atoms with Crippen molar-refractivity contribution < 1.29 is 13.9 Å². The fourth-order valence-corrected chi connectivity index (χ4v) is 3.20. The summed E-state index contributed by atoms with van der Waals surface area (Å²) in [5, 5.41) is 1.71. The molecule has 3 aromatic carbocycles. The average molecular weight is 345 g/mol. The molecule has 26 heavy (non-hydrogen) atoms. The number of carbonyl (C=O) groups is 1. The molecule has 0 aliphatic rings. The predicted octanol–water partition coefficient (Wildman–Crippen LogP) is 4.49. The van der Waals surface area contributed by atoms with Gasteiger partial charge in [-0.2, -0.15) is 0 Å². The second kappa shape index (κ2) is 6.04. The number of hydrogen-bond donors (Lipinski definition) is 2.